The maximum absolute atomic E-state index is 12.6. The van der Waals surface area contributed by atoms with Crippen LogP contribution in [-0.4, -0.2) is 48.2 Å². The van der Waals surface area contributed by atoms with Gasteiger partial charge < -0.3 is 15.0 Å². The van der Waals surface area contributed by atoms with Gasteiger partial charge in [-0.05, 0) is 19.8 Å². The molecule has 1 aliphatic heterocycles. The molecule has 1 fully saturated rings. The molecule has 0 atom stereocenters. The predicted octanol–water partition coefficient (Wildman–Crippen LogP) is 2.75. The second kappa shape index (κ2) is 7.44. The summed E-state index contributed by atoms with van der Waals surface area (Å²) in [6, 6.07) is 0.160. The number of ether oxygens (including phenoxy) is 1. The number of aromatic nitrogens is 2. The van der Waals surface area contributed by atoms with E-state index in [0.29, 0.717) is 13.2 Å². The van der Waals surface area contributed by atoms with Gasteiger partial charge in [0, 0.05) is 29.4 Å². The average Bonchev–Trinajstić information content (AvgIpc) is 3.00. The fraction of sp³-hybridized carbons (Fsp3) is 0.588. The Morgan fingerprint density at radius 3 is 2.71 bits per heavy atom. The van der Waals surface area contributed by atoms with Gasteiger partial charge in [-0.3, -0.25) is 4.79 Å². The first-order valence-corrected chi connectivity index (χ1v) is 9.41. The number of nitrogens with zero attached hydrogens (tertiary/aromatic N) is 3. The molecule has 1 amide bonds. The highest BCUT2D eigenvalue weighted by Crippen LogP contribution is 2.31. The number of fused-ring (bicyclic) bond motifs is 1. The minimum atomic E-state index is -0.191. The lowest BCUT2D eigenvalue weighted by atomic mass is 10.2. The van der Waals surface area contributed by atoms with Crippen molar-refractivity contribution in [1.29, 1.82) is 0 Å². The molecule has 1 aliphatic rings. The fourth-order valence-corrected chi connectivity index (χ4v) is 3.71. The smallest absolute Gasteiger partial charge is 0.289 e. The number of morpholine rings is 1. The molecule has 0 bridgehead atoms. The van der Waals surface area contributed by atoms with Crippen molar-refractivity contribution in [3.05, 3.63) is 16.1 Å². The summed E-state index contributed by atoms with van der Waals surface area (Å²) >= 11 is 1.65. The second-order valence-electron chi connectivity index (χ2n) is 6.01. The number of carbonyl (C=O) groups is 1. The summed E-state index contributed by atoms with van der Waals surface area (Å²) in [6.45, 7) is 9.15. The van der Waals surface area contributed by atoms with Crippen LogP contribution in [0.4, 0.5) is 5.82 Å². The topological polar surface area (TPSA) is 67.4 Å². The first-order valence-electron chi connectivity index (χ1n) is 8.53. The van der Waals surface area contributed by atoms with Gasteiger partial charge in [-0.1, -0.05) is 13.8 Å². The van der Waals surface area contributed by atoms with Gasteiger partial charge in [-0.15, -0.1) is 11.3 Å². The van der Waals surface area contributed by atoms with Crippen LogP contribution in [0, 0.1) is 6.92 Å². The van der Waals surface area contributed by atoms with E-state index in [4.69, 9.17) is 4.74 Å². The molecule has 0 aliphatic carbocycles. The van der Waals surface area contributed by atoms with Crippen LogP contribution >= 0.6 is 11.3 Å². The molecule has 2 aromatic rings. The quantitative estimate of drug-likeness (QED) is 0.900. The summed E-state index contributed by atoms with van der Waals surface area (Å²) in [4.78, 5) is 25.1. The standard InChI is InChI=1S/C17H24N4O2S/c1-4-12(5-2)18-17(22)15-19-13-10-24-11(3)14(13)16(20-15)21-6-8-23-9-7-21/h10,12H,4-9H2,1-3H3,(H,18,22). The first kappa shape index (κ1) is 17.1. The first-order chi connectivity index (χ1) is 11.6. The van der Waals surface area contributed by atoms with Gasteiger partial charge in [0.2, 0.25) is 5.82 Å². The summed E-state index contributed by atoms with van der Waals surface area (Å²) in [5.74, 6) is 0.925. The van der Waals surface area contributed by atoms with Crippen molar-refractivity contribution in [2.45, 2.75) is 39.7 Å². The van der Waals surface area contributed by atoms with Gasteiger partial charge in [-0.25, -0.2) is 9.97 Å². The molecule has 6 nitrogen and oxygen atoms in total. The largest absolute Gasteiger partial charge is 0.378 e. The van der Waals surface area contributed by atoms with E-state index in [1.54, 1.807) is 11.3 Å². The highest BCUT2D eigenvalue weighted by molar-refractivity contribution is 7.11. The summed E-state index contributed by atoms with van der Waals surface area (Å²) in [7, 11) is 0. The van der Waals surface area contributed by atoms with Crippen molar-refractivity contribution in [3.8, 4) is 0 Å². The predicted molar refractivity (Wildman–Crippen MR) is 97.0 cm³/mol. The molecule has 1 saturated heterocycles. The molecule has 0 radical (unpaired) electrons. The van der Waals surface area contributed by atoms with E-state index in [-0.39, 0.29) is 17.8 Å². The third-order valence-electron chi connectivity index (χ3n) is 4.45. The van der Waals surface area contributed by atoms with E-state index in [2.05, 4.69) is 41.0 Å². The third-order valence-corrected chi connectivity index (χ3v) is 5.35. The highest BCUT2D eigenvalue weighted by atomic mass is 32.1. The summed E-state index contributed by atoms with van der Waals surface area (Å²) < 4.78 is 5.44. The van der Waals surface area contributed by atoms with Crippen LogP contribution in [-0.2, 0) is 4.74 Å². The van der Waals surface area contributed by atoms with Crippen molar-refractivity contribution in [2.24, 2.45) is 0 Å². The molecule has 0 saturated carbocycles. The Bertz CT molecular complexity index is 721. The lowest BCUT2D eigenvalue weighted by molar-refractivity contribution is 0.0924. The number of amides is 1. The second-order valence-corrected chi connectivity index (χ2v) is 7.09. The zero-order chi connectivity index (χ0) is 17.1. The highest BCUT2D eigenvalue weighted by Gasteiger charge is 2.22. The summed E-state index contributed by atoms with van der Waals surface area (Å²) in [5.41, 5.74) is 0.851. The number of thiophene rings is 1. The SMILES string of the molecule is CCC(CC)NC(=O)c1nc(N2CCOCC2)c2c(C)scc2n1. The molecule has 130 valence electrons. The summed E-state index contributed by atoms with van der Waals surface area (Å²) in [5, 5.41) is 6.09. The molecule has 3 heterocycles. The molecule has 2 aromatic heterocycles. The van der Waals surface area contributed by atoms with Crippen LogP contribution in [0.2, 0.25) is 0 Å². The zero-order valence-electron chi connectivity index (χ0n) is 14.5. The van der Waals surface area contributed by atoms with Crippen LogP contribution < -0.4 is 10.2 Å². The van der Waals surface area contributed by atoms with E-state index in [1.807, 2.05) is 5.38 Å². The summed E-state index contributed by atoms with van der Waals surface area (Å²) in [6.07, 6.45) is 1.80. The molecule has 3 rings (SSSR count). The number of aryl methyl sites for hydroxylation is 1. The van der Waals surface area contributed by atoms with Gasteiger partial charge in [0.1, 0.15) is 5.82 Å². The third kappa shape index (κ3) is 3.37. The lowest BCUT2D eigenvalue weighted by Crippen LogP contribution is -2.38. The molecule has 7 heteroatoms. The van der Waals surface area contributed by atoms with E-state index in [0.717, 1.165) is 42.7 Å². The molecule has 0 aromatic carbocycles. The van der Waals surface area contributed by atoms with Gasteiger partial charge in [-0.2, -0.15) is 0 Å². The lowest BCUT2D eigenvalue weighted by Gasteiger charge is -2.28. The number of nitrogens with one attached hydrogen (secondary N) is 1. The maximum atomic E-state index is 12.6. The Balaban J connectivity index is 1.99. The van der Waals surface area contributed by atoms with Gasteiger partial charge in [0.05, 0.1) is 24.1 Å². The number of anilines is 1. The van der Waals surface area contributed by atoms with Gasteiger partial charge >= 0.3 is 0 Å². The Labute approximate surface area is 146 Å². The van der Waals surface area contributed by atoms with Gasteiger partial charge in [0.25, 0.3) is 5.91 Å². The van der Waals surface area contributed by atoms with Crippen LogP contribution in [0.15, 0.2) is 5.38 Å². The van der Waals surface area contributed by atoms with Crippen LogP contribution in [0.5, 0.6) is 0 Å². The molecule has 0 unspecified atom stereocenters. The number of hydrogen-bond acceptors (Lipinski definition) is 6. The molecule has 1 N–H and O–H groups in total. The molecular formula is C17H24N4O2S. The number of rotatable bonds is 5. The monoisotopic (exact) mass is 348 g/mol. The molecular weight excluding hydrogens is 324 g/mol. The molecule has 24 heavy (non-hydrogen) atoms. The Kier molecular flexibility index (Phi) is 5.30. The van der Waals surface area contributed by atoms with Crippen LogP contribution in [0.25, 0.3) is 10.9 Å². The van der Waals surface area contributed by atoms with Crippen molar-refractivity contribution in [3.63, 3.8) is 0 Å². The normalized spacial score (nSPS) is 15.2. The van der Waals surface area contributed by atoms with Crippen LogP contribution in [0.1, 0.15) is 42.2 Å². The van der Waals surface area contributed by atoms with Gasteiger partial charge in [0.15, 0.2) is 0 Å². The van der Waals surface area contributed by atoms with E-state index >= 15 is 0 Å². The van der Waals surface area contributed by atoms with Crippen LogP contribution in [0.3, 0.4) is 0 Å². The fourth-order valence-electron chi connectivity index (χ4n) is 2.94. The van der Waals surface area contributed by atoms with E-state index < -0.39 is 0 Å². The number of hydrogen-bond donors (Lipinski definition) is 1. The molecule has 0 spiro atoms. The van der Waals surface area contributed by atoms with Crippen molar-refractivity contribution < 1.29 is 9.53 Å². The average molecular weight is 348 g/mol. The van der Waals surface area contributed by atoms with Crippen molar-refractivity contribution in [1.82, 2.24) is 15.3 Å². The Morgan fingerprint density at radius 1 is 1.33 bits per heavy atom. The van der Waals surface area contributed by atoms with E-state index in [9.17, 15) is 4.79 Å². The van der Waals surface area contributed by atoms with Crippen molar-refractivity contribution in [2.75, 3.05) is 31.2 Å². The van der Waals surface area contributed by atoms with Crippen molar-refractivity contribution >= 4 is 34.0 Å². The zero-order valence-corrected chi connectivity index (χ0v) is 15.3. The Morgan fingerprint density at radius 2 is 2.04 bits per heavy atom. The number of carbonyl (C=O) groups excluding carboxylic acids is 1. The maximum Gasteiger partial charge on any atom is 0.289 e. The Hall–Kier alpha value is -1.73. The minimum Gasteiger partial charge on any atom is -0.378 e. The minimum absolute atomic E-state index is 0.160. The van der Waals surface area contributed by atoms with E-state index in [1.165, 1.54) is 4.88 Å².